The highest BCUT2D eigenvalue weighted by Gasteiger charge is 2.08. The highest BCUT2D eigenvalue weighted by Crippen LogP contribution is 1.98. The topological polar surface area (TPSA) is 96.8 Å². The van der Waals surface area contributed by atoms with Gasteiger partial charge >= 0.3 is 5.69 Å². The van der Waals surface area contributed by atoms with Crippen molar-refractivity contribution in [2.75, 3.05) is 13.7 Å². The van der Waals surface area contributed by atoms with Crippen molar-refractivity contribution in [2.45, 2.75) is 6.04 Å². The first kappa shape index (κ1) is 7.96. The Morgan fingerprint density at radius 3 is 3.00 bits per heavy atom. The molecular weight excluding hydrogens is 148 g/mol. The minimum absolute atomic E-state index is 0.334. The van der Waals surface area contributed by atoms with Crippen LogP contribution in [0, 0.1) is 0 Å². The van der Waals surface area contributed by atoms with E-state index in [9.17, 15) is 4.79 Å². The van der Waals surface area contributed by atoms with E-state index < -0.39 is 0 Å². The minimum Gasteiger partial charge on any atom is -0.383 e. The lowest BCUT2D eigenvalue weighted by molar-refractivity contribution is 0.178. The Balaban J connectivity index is 2.68. The van der Waals surface area contributed by atoms with E-state index in [2.05, 4.69) is 15.2 Å². The normalized spacial score (nSPS) is 13.3. The monoisotopic (exact) mass is 158 g/mol. The van der Waals surface area contributed by atoms with Crippen LogP contribution in [-0.2, 0) is 4.74 Å². The molecule has 1 heterocycles. The predicted molar refractivity (Wildman–Crippen MR) is 38.0 cm³/mol. The summed E-state index contributed by atoms with van der Waals surface area (Å²) in [6.07, 6.45) is 0. The van der Waals surface area contributed by atoms with Crippen LogP contribution in [0.3, 0.4) is 0 Å². The molecule has 1 rings (SSSR count). The fraction of sp³-hybridized carbons (Fsp3) is 0.600. The van der Waals surface area contributed by atoms with E-state index >= 15 is 0 Å². The van der Waals surface area contributed by atoms with E-state index in [-0.39, 0.29) is 11.7 Å². The Bertz CT molecular complexity index is 265. The maximum absolute atomic E-state index is 10.5. The zero-order valence-electron chi connectivity index (χ0n) is 6.13. The number of nitrogens with zero attached hydrogens (tertiary/aromatic N) is 1. The van der Waals surface area contributed by atoms with Gasteiger partial charge in [-0.15, -0.1) is 0 Å². The van der Waals surface area contributed by atoms with Crippen molar-refractivity contribution in [1.29, 1.82) is 0 Å². The molecule has 6 nitrogen and oxygen atoms in total. The van der Waals surface area contributed by atoms with Gasteiger partial charge in [-0.2, -0.15) is 5.10 Å². The highest BCUT2D eigenvalue weighted by molar-refractivity contribution is 4.88. The summed E-state index contributed by atoms with van der Waals surface area (Å²) >= 11 is 0. The van der Waals surface area contributed by atoms with Gasteiger partial charge in [-0.3, -0.25) is 4.98 Å². The van der Waals surface area contributed by atoms with Gasteiger partial charge in [0.2, 0.25) is 0 Å². The van der Waals surface area contributed by atoms with Crippen molar-refractivity contribution in [2.24, 2.45) is 5.73 Å². The van der Waals surface area contributed by atoms with Gasteiger partial charge in [0.05, 0.1) is 12.6 Å². The van der Waals surface area contributed by atoms with Crippen LogP contribution >= 0.6 is 0 Å². The summed E-state index contributed by atoms with van der Waals surface area (Å²) in [5.41, 5.74) is 5.19. The van der Waals surface area contributed by atoms with E-state index in [0.29, 0.717) is 12.4 Å². The second-order valence-corrected chi connectivity index (χ2v) is 2.12. The van der Waals surface area contributed by atoms with Crippen molar-refractivity contribution in [3.63, 3.8) is 0 Å². The van der Waals surface area contributed by atoms with Crippen molar-refractivity contribution >= 4 is 0 Å². The number of nitrogens with two attached hydrogens (primary N) is 1. The van der Waals surface area contributed by atoms with Crippen LogP contribution in [0.1, 0.15) is 11.9 Å². The lowest BCUT2D eigenvalue weighted by Crippen LogP contribution is -2.18. The standard InChI is InChI=1S/C5H10N4O2/c1-11-2-3(6)4-7-5(10)9-8-4/h3H,2,6H2,1H3,(H2,7,8,9,10). The number of hydrogen-bond acceptors (Lipinski definition) is 4. The number of H-pyrrole nitrogens is 2. The number of aromatic nitrogens is 3. The summed E-state index contributed by atoms with van der Waals surface area (Å²) in [5, 5.41) is 5.85. The molecule has 1 aromatic rings. The van der Waals surface area contributed by atoms with Crippen LogP contribution in [0.4, 0.5) is 0 Å². The highest BCUT2D eigenvalue weighted by atomic mass is 16.5. The smallest absolute Gasteiger partial charge is 0.340 e. The third-order valence-electron chi connectivity index (χ3n) is 1.22. The summed E-state index contributed by atoms with van der Waals surface area (Å²) in [4.78, 5) is 13.0. The van der Waals surface area contributed by atoms with Gasteiger partial charge in [-0.05, 0) is 0 Å². The molecule has 0 aliphatic heterocycles. The van der Waals surface area contributed by atoms with Gasteiger partial charge in [0.25, 0.3) is 0 Å². The molecule has 11 heavy (non-hydrogen) atoms. The van der Waals surface area contributed by atoms with E-state index in [1.165, 1.54) is 7.11 Å². The molecule has 0 saturated carbocycles. The Morgan fingerprint density at radius 2 is 2.55 bits per heavy atom. The van der Waals surface area contributed by atoms with E-state index in [1.807, 2.05) is 0 Å². The summed E-state index contributed by atoms with van der Waals surface area (Å²) in [7, 11) is 1.53. The number of methoxy groups -OCH3 is 1. The summed E-state index contributed by atoms with van der Waals surface area (Å²) < 4.78 is 4.77. The van der Waals surface area contributed by atoms with Crippen molar-refractivity contribution in [3.05, 3.63) is 16.3 Å². The molecule has 1 atom stereocenters. The minimum atomic E-state index is -0.376. The summed E-state index contributed by atoms with van der Waals surface area (Å²) in [6.45, 7) is 0.334. The molecule has 4 N–H and O–H groups in total. The quantitative estimate of drug-likeness (QED) is 0.511. The third-order valence-corrected chi connectivity index (χ3v) is 1.22. The Labute approximate surface area is 62.8 Å². The number of nitrogens with one attached hydrogen (secondary N) is 2. The van der Waals surface area contributed by atoms with Crippen LogP contribution in [0.15, 0.2) is 4.79 Å². The lowest BCUT2D eigenvalue weighted by Gasteiger charge is -2.04. The molecule has 0 aromatic carbocycles. The van der Waals surface area contributed by atoms with E-state index in [1.54, 1.807) is 0 Å². The molecule has 6 heteroatoms. The second kappa shape index (κ2) is 3.31. The fourth-order valence-electron chi connectivity index (χ4n) is 0.717. The maximum Gasteiger partial charge on any atom is 0.340 e. The Kier molecular flexibility index (Phi) is 2.40. The van der Waals surface area contributed by atoms with Crippen LogP contribution in [0.5, 0.6) is 0 Å². The molecule has 0 amide bonds. The molecule has 1 aromatic heterocycles. The molecule has 0 saturated heterocycles. The molecule has 0 bridgehead atoms. The number of aromatic amines is 2. The third kappa shape index (κ3) is 1.89. The molecule has 0 fully saturated rings. The second-order valence-electron chi connectivity index (χ2n) is 2.12. The van der Waals surface area contributed by atoms with Crippen molar-refractivity contribution in [1.82, 2.24) is 15.2 Å². The SMILES string of the molecule is COCC(N)c1n[nH]c(=O)[nH]1. The summed E-state index contributed by atoms with van der Waals surface area (Å²) in [5.74, 6) is 0.414. The van der Waals surface area contributed by atoms with E-state index in [4.69, 9.17) is 10.5 Å². The number of rotatable bonds is 3. The molecule has 0 radical (unpaired) electrons. The average molecular weight is 158 g/mol. The van der Waals surface area contributed by atoms with Gasteiger partial charge in [-0.25, -0.2) is 9.89 Å². The molecule has 0 aliphatic carbocycles. The van der Waals surface area contributed by atoms with Gasteiger partial charge in [0, 0.05) is 7.11 Å². The molecular formula is C5H10N4O2. The Morgan fingerprint density at radius 1 is 1.82 bits per heavy atom. The van der Waals surface area contributed by atoms with Crippen LogP contribution in [-0.4, -0.2) is 28.9 Å². The van der Waals surface area contributed by atoms with Gasteiger partial charge < -0.3 is 10.5 Å². The fourth-order valence-corrected chi connectivity index (χ4v) is 0.717. The first-order chi connectivity index (χ1) is 5.24. The zero-order chi connectivity index (χ0) is 8.27. The Hall–Kier alpha value is -1.14. The first-order valence-corrected chi connectivity index (χ1v) is 3.13. The van der Waals surface area contributed by atoms with Crippen molar-refractivity contribution in [3.8, 4) is 0 Å². The van der Waals surface area contributed by atoms with Crippen LogP contribution < -0.4 is 11.4 Å². The number of hydrogen-bond donors (Lipinski definition) is 3. The molecule has 0 aliphatic rings. The van der Waals surface area contributed by atoms with Gasteiger partial charge in [-0.1, -0.05) is 0 Å². The predicted octanol–water partition coefficient (Wildman–Crippen LogP) is -1.26. The largest absolute Gasteiger partial charge is 0.383 e. The maximum atomic E-state index is 10.5. The summed E-state index contributed by atoms with van der Waals surface area (Å²) in [6, 6.07) is -0.376. The zero-order valence-corrected chi connectivity index (χ0v) is 6.13. The molecule has 0 spiro atoms. The molecule has 1 unspecified atom stereocenters. The van der Waals surface area contributed by atoms with Crippen molar-refractivity contribution < 1.29 is 4.74 Å². The van der Waals surface area contributed by atoms with Crippen LogP contribution in [0.2, 0.25) is 0 Å². The lowest BCUT2D eigenvalue weighted by atomic mass is 10.3. The van der Waals surface area contributed by atoms with Crippen LogP contribution in [0.25, 0.3) is 0 Å². The van der Waals surface area contributed by atoms with E-state index in [0.717, 1.165) is 0 Å². The van der Waals surface area contributed by atoms with Gasteiger partial charge in [0.1, 0.15) is 5.82 Å². The first-order valence-electron chi connectivity index (χ1n) is 3.13. The average Bonchev–Trinajstić information content (AvgIpc) is 2.36. The molecule has 62 valence electrons. The number of ether oxygens (including phenoxy) is 1. The van der Waals surface area contributed by atoms with Gasteiger partial charge in [0.15, 0.2) is 0 Å².